The second kappa shape index (κ2) is 6.27. The maximum absolute atomic E-state index is 11.8. The first-order chi connectivity index (χ1) is 9.11. The number of carbonyl (C=O) groups is 1. The second-order valence-corrected chi connectivity index (χ2v) is 5.89. The summed E-state index contributed by atoms with van der Waals surface area (Å²) in [5.41, 5.74) is -0.212. The van der Waals surface area contributed by atoms with E-state index in [1.54, 1.807) is 4.57 Å². The normalized spacial score (nSPS) is 16.3. The van der Waals surface area contributed by atoms with Crippen molar-refractivity contribution in [1.82, 2.24) is 20.1 Å². The summed E-state index contributed by atoms with van der Waals surface area (Å²) in [7, 11) is 0. The SMILES string of the molecule is CCCn1c(SCC(=O)NC(C)C2CC2)n[nH]c1=O. The molecule has 0 bridgehead atoms. The molecule has 1 aromatic heterocycles. The molecular formula is C12H20N4O2S. The predicted octanol–water partition coefficient (Wildman–Crippen LogP) is 0.988. The zero-order valence-electron chi connectivity index (χ0n) is 11.3. The highest BCUT2D eigenvalue weighted by atomic mass is 32.2. The Labute approximate surface area is 116 Å². The van der Waals surface area contributed by atoms with Crippen LogP contribution in [-0.2, 0) is 11.3 Å². The van der Waals surface area contributed by atoms with Gasteiger partial charge >= 0.3 is 5.69 Å². The van der Waals surface area contributed by atoms with Crippen LogP contribution in [0.15, 0.2) is 9.95 Å². The third-order valence-corrected chi connectivity index (χ3v) is 4.20. The number of hydrogen-bond acceptors (Lipinski definition) is 4. The molecule has 2 N–H and O–H groups in total. The summed E-state index contributed by atoms with van der Waals surface area (Å²) in [6, 6.07) is 0.255. The zero-order chi connectivity index (χ0) is 13.8. The minimum absolute atomic E-state index is 0.00268. The molecule has 1 aromatic rings. The maximum Gasteiger partial charge on any atom is 0.343 e. The molecule has 1 amide bonds. The summed E-state index contributed by atoms with van der Waals surface area (Å²) in [5.74, 6) is 0.950. The van der Waals surface area contributed by atoms with Crippen LogP contribution in [0.25, 0.3) is 0 Å². The molecule has 0 saturated heterocycles. The highest BCUT2D eigenvalue weighted by molar-refractivity contribution is 7.99. The molecular weight excluding hydrogens is 264 g/mol. The van der Waals surface area contributed by atoms with Crippen molar-refractivity contribution >= 4 is 17.7 Å². The highest BCUT2D eigenvalue weighted by Gasteiger charge is 2.28. The molecule has 2 rings (SSSR count). The number of nitrogens with zero attached hydrogens (tertiary/aromatic N) is 2. The number of H-pyrrole nitrogens is 1. The van der Waals surface area contributed by atoms with Crippen molar-refractivity contribution in [1.29, 1.82) is 0 Å². The second-order valence-electron chi connectivity index (χ2n) is 4.95. The summed E-state index contributed by atoms with van der Waals surface area (Å²) in [6.07, 6.45) is 3.28. The van der Waals surface area contributed by atoms with Crippen LogP contribution < -0.4 is 11.0 Å². The third kappa shape index (κ3) is 3.86. The Balaban J connectivity index is 1.84. The van der Waals surface area contributed by atoms with Gasteiger partial charge < -0.3 is 5.32 Å². The van der Waals surface area contributed by atoms with Gasteiger partial charge in [0.2, 0.25) is 5.91 Å². The molecule has 0 spiro atoms. The largest absolute Gasteiger partial charge is 0.353 e. The monoisotopic (exact) mass is 284 g/mol. The average molecular weight is 284 g/mol. The number of carbonyl (C=O) groups excluding carboxylic acids is 1. The Kier molecular flexibility index (Phi) is 4.68. The van der Waals surface area contributed by atoms with E-state index in [4.69, 9.17) is 0 Å². The molecule has 0 aliphatic heterocycles. The third-order valence-electron chi connectivity index (χ3n) is 3.22. The van der Waals surface area contributed by atoms with Crippen LogP contribution in [0.3, 0.4) is 0 Å². The Morgan fingerprint density at radius 1 is 1.63 bits per heavy atom. The lowest BCUT2D eigenvalue weighted by atomic mass is 10.2. The van der Waals surface area contributed by atoms with Gasteiger partial charge in [0.1, 0.15) is 0 Å². The molecule has 1 saturated carbocycles. The van der Waals surface area contributed by atoms with Gasteiger partial charge in [0.15, 0.2) is 5.16 Å². The molecule has 1 fully saturated rings. The lowest BCUT2D eigenvalue weighted by molar-refractivity contribution is -0.119. The Bertz CT molecular complexity index is 492. The number of aromatic amines is 1. The van der Waals surface area contributed by atoms with E-state index < -0.39 is 0 Å². The smallest absolute Gasteiger partial charge is 0.343 e. The molecule has 1 aliphatic rings. The summed E-state index contributed by atoms with van der Waals surface area (Å²) in [4.78, 5) is 23.3. The van der Waals surface area contributed by atoms with Crippen molar-refractivity contribution in [3.8, 4) is 0 Å². The number of amides is 1. The van der Waals surface area contributed by atoms with Crippen LogP contribution >= 0.6 is 11.8 Å². The van der Waals surface area contributed by atoms with E-state index in [1.807, 2.05) is 13.8 Å². The van der Waals surface area contributed by atoms with E-state index in [0.717, 1.165) is 6.42 Å². The molecule has 0 radical (unpaired) electrons. The van der Waals surface area contributed by atoms with Gasteiger partial charge in [-0.1, -0.05) is 18.7 Å². The number of hydrogen-bond donors (Lipinski definition) is 2. The summed E-state index contributed by atoms with van der Waals surface area (Å²) >= 11 is 1.30. The fourth-order valence-electron chi connectivity index (χ4n) is 1.97. The number of aromatic nitrogens is 3. The van der Waals surface area contributed by atoms with Gasteiger partial charge in [0, 0.05) is 12.6 Å². The number of nitrogens with one attached hydrogen (secondary N) is 2. The first kappa shape index (κ1) is 14.2. The molecule has 1 aliphatic carbocycles. The van der Waals surface area contributed by atoms with E-state index in [9.17, 15) is 9.59 Å². The molecule has 19 heavy (non-hydrogen) atoms. The van der Waals surface area contributed by atoms with E-state index in [1.165, 1.54) is 24.6 Å². The summed E-state index contributed by atoms with van der Waals surface area (Å²) in [6.45, 7) is 4.66. The van der Waals surface area contributed by atoms with Crippen LogP contribution in [0.5, 0.6) is 0 Å². The molecule has 6 nitrogen and oxygen atoms in total. The Morgan fingerprint density at radius 3 is 3.00 bits per heavy atom. The minimum atomic E-state index is -0.212. The first-order valence-corrected chi connectivity index (χ1v) is 7.67. The lowest BCUT2D eigenvalue weighted by Gasteiger charge is -2.12. The van der Waals surface area contributed by atoms with Crippen molar-refractivity contribution in [2.24, 2.45) is 5.92 Å². The van der Waals surface area contributed by atoms with Crippen molar-refractivity contribution in [3.05, 3.63) is 10.5 Å². The van der Waals surface area contributed by atoms with Gasteiger partial charge in [-0.2, -0.15) is 0 Å². The van der Waals surface area contributed by atoms with E-state index in [2.05, 4.69) is 15.5 Å². The number of rotatable bonds is 7. The fourth-order valence-corrected chi connectivity index (χ4v) is 2.76. The van der Waals surface area contributed by atoms with Gasteiger partial charge in [0.25, 0.3) is 0 Å². The van der Waals surface area contributed by atoms with E-state index in [-0.39, 0.29) is 17.6 Å². The molecule has 0 aromatic carbocycles. The van der Waals surface area contributed by atoms with Gasteiger partial charge in [-0.15, -0.1) is 5.10 Å². The van der Waals surface area contributed by atoms with Crippen LogP contribution in [0.1, 0.15) is 33.1 Å². The highest BCUT2D eigenvalue weighted by Crippen LogP contribution is 2.32. The summed E-state index contributed by atoms with van der Waals surface area (Å²) < 4.78 is 1.57. The van der Waals surface area contributed by atoms with Crippen molar-refractivity contribution in [2.75, 3.05) is 5.75 Å². The Morgan fingerprint density at radius 2 is 2.37 bits per heavy atom. The molecule has 1 heterocycles. The van der Waals surface area contributed by atoms with Crippen molar-refractivity contribution in [2.45, 2.75) is 50.9 Å². The van der Waals surface area contributed by atoms with Crippen LogP contribution in [-0.4, -0.2) is 32.5 Å². The lowest BCUT2D eigenvalue weighted by Crippen LogP contribution is -2.35. The molecule has 1 atom stereocenters. The van der Waals surface area contributed by atoms with Crippen LogP contribution in [0.4, 0.5) is 0 Å². The van der Waals surface area contributed by atoms with Crippen LogP contribution in [0, 0.1) is 5.92 Å². The fraction of sp³-hybridized carbons (Fsp3) is 0.750. The van der Waals surface area contributed by atoms with E-state index >= 15 is 0 Å². The predicted molar refractivity (Wildman–Crippen MR) is 74.2 cm³/mol. The molecule has 106 valence electrons. The molecule has 7 heteroatoms. The number of thioether (sulfide) groups is 1. The first-order valence-electron chi connectivity index (χ1n) is 6.69. The Hall–Kier alpha value is -1.24. The maximum atomic E-state index is 11.8. The van der Waals surface area contributed by atoms with Crippen LogP contribution in [0.2, 0.25) is 0 Å². The van der Waals surface area contributed by atoms with Gasteiger partial charge in [-0.05, 0) is 32.1 Å². The quantitative estimate of drug-likeness (QED) is 0.732. The van der Waals surface area contributed by atoms with Gasteiger partial charge in [-0.25, -0.2) is 9.89 Å². The standard InChI is InChI=1S/C12H20N4O2S/c1-3-6-16-11(18)14-15-12(16)19-7-10(17)13-8(2)9-4-5-9/h8-9H,3-7H2,1-2H3,(H,13,17)(H,14,18). The summed E-state index contributed by atoms with van der Waals surface area (Å²) in [5, 5.41) is 9.93. The zero-order valence-corrected chi connectivity index (χ0v) is 12.1. The minimum Gasteiger partial charge on any atom is -0.353 e. The topological polar surface area (TPSA) is 79.8 Å². The van der Waals surface area contributed by atoms with Gasteiger partial charge in [-0.3, -0.25) is 9.36 Å². The van der Waals surface area contributed by atoms with Crippen molar-refractivity contribution in [3.63, 3.8) is 0 Å². The van der Waals surface area contributed by atoms with Crippen molar-refractivity contribution < 1.29 is 4.79 Å². The molecule has 1 unspecified atom stereocenters. The van der Waals surface area contributed by atoms with Gasteiger partial charge in [0.05, 0.1) is 5.75 Å². The average Bonchev–Trinajstić information content (AvgIpc) is 3.16. The van der Waals surface area contributed by atoms with E-state index in [0.29, 0.717) is 23.4 Å².